The lowest BCUT2D eigenvalue weighted by Crippen LogP contribution is -2.52. The van der Waals surface area contributed by atoms with E-state index in [4.69, 9.17) is 19.9 Å². The predicted molar refractivity (Wildman–Crippen MR) is 183 cm³/mol. The van der Waals surface area contributed by atoms with Crippen molar-refractivity contribution in [1.29, 1.82) is 0 Å². The Kier molecular flexibility index (Phi) is 10.4. The van der Waals surface area contributed by atoms with Crippen molar-refractivity contribution in [3.05, 3.63) is 87.0 Å². The largest absolute Gasteiger partial charge is 0.507 e. The molecule has 1 heterocycles. The number of nitrogens with two attached hydrogens (primary N) is 1. The van der Waals surface area contributed by atoms with Crippen LogP contribution in [0.5, 0.6) is 17.2 Å². The molecule has 3 aromatic rings. The number of nitrogens with one attached hydrogen (secondary N) is 1. The molecule has 1 aliphatic heterocycles. The van der Waals surface area contributed by atoms with Crippen LogP contribution in [0.15, 0.2) is 47.6 Å². The number of carbonyl (C=O) groups is 3. The van der Waals surface area contributed by atoms with Crippen molar-refractivity contribution in [3.63, 3.8) is 0 Å². The second kappa shape index (κ2) is 14.1. The molecular formula is C36H40ClN3O10. The molecule has 14 heteroatoms. The molecule has 6 unspecified atom stereocenters. The summed E-state index contributed by atoms with van der Waals surface area (Å²) in [4.78, 5) is 40.7. The molecule has 0 saturated carbocycles. The lowest BCUT2D eigenvalue weighted by Gasteiger charge is -2.42. The van der Waals surface area contributed by atoms with E-state index < -0.39 is 76.3 Å². The summed E-state index contributed by atoms with van der Waals surface area (Å²) in [5.41, 5.74) is 7.17. The molecule has 50 heavy (non-hydrogen) atoms. The van der Waals surface area contributed by atoms with Crippen molar-refractivity contribution < 1.29 is 49.0 Å². The predicted octanol–water partition coefficient (Wildman–Crippen LogP) is 3.23. The lowest BCUT2D eigenvalue weighted by molar-refractivity contribution is -0.245. The SMILES string of the molecule is CCc1ccc(C(=O)NN=C(C)C2(O)Cc3c(O)c4c(c(O)c3C(OC3CC(N)C(O)C(C)O3)C2)C(=O)c2c(OC)cccc2C4=O)cc1.Cl. The summed E-state index contributed by atoms with van der Waals surface area (Å²) in [6.07, 6.45) is -3.71. The Labute approximate surface area is 294 Å². The number of amides is 1. The molecule has 0 aromatic heterocycles. The minimum absolute atomic E-state index is 0. The molecule has 0 bridgehead atoms. The van der Waals surface area contributed by atoms with Gasteiger partial charge in [0.15, 0.2) is 12.1 Å². The van der Waals surface area contributed by atoms with Crippen molar-refractivity contribution >= 4 is 35.6 Å². The Hall–Kier alpha value is -4.37. The highest BCUT2D eigenvalue weighted by atomic mass is 35.5. The minimum atomic E-state index is -1.89. The van der Waals surface area contributed by atoms with Gasteiger partial charge >= 0.3 is 0 Å². The van der Waals surface area contributed by atoms with Crippen LogP contribution in [-0.4, -0.2) is 80.9 Å². The van der Waals surface area contributed by atoms with Gasteiger partial charge in [-0.2, -0.15) is 5.10 Å². The van der Waals surface area contributed by atoms with Crippen LogP contribution in [0.4, 0.5) is 0 Å². The molecule has 0 radical (unpaired) electrons. The average Bonchev–Trinajstić information content (AvgIpc) is 3.09. The van der Waals surface area contributed by atoms with E-state index in [1.165, 1.54) is 32.2 Å². The third-order valence-corrected chi connectivity index (χ3v) is 9.77. The van der Waals surface area contributed by atoms with E-state index in [1.807, 2.05) is 19.1 Å². The number of carbonyl (C=O) groups excluding carboxylic acids is 3. The van der Waals surface area contributed by atoms with Crippen LogP contribution >= 0.6 is 12.4 Å². The number of hydrogen-bond donors (Lipinski definition) is 6. The summed E-state index contributed by atoms with van der Waals surface area (Å²) in [7, 11) is 1.35. The zero-order valence-electron chi connectivity index (χ0n) is 27.9. The maximum Gasteiger partial charge on any atom is 0.271 e. The number of halogens is 1. The summed E-state index contributed by atoms with van der Waals surface area (Å²) in [6.45, 7) is 5.11. The van der Waals surface area contributed by atoms with Gasteiger partial charge in [0.1, 0.15) is 22.8 Å². The number of aliphatic hydroxyl groups is 2. The van der Waals surface area contributed by atoms with Crippen LogP contribution < -0.4 is 15.9 Å². The first-order valence-corrected chi connectivity index (χ1v) is 16.1. The third kappa shape index (κ3) is 6.25. The van der Waals surface area contributed by atoms with Gasteiger partial charge in [0.25, 0.3) is 5.91 Å². The Morgan fingerprint density at radius 1 is 1.08 bits per heavy atom. The monoisotopic (exact) mass is 709 g/mol. The first-order valence-electron chi connectivity index (χ1n) is 16.1. The van der Waals surface area contributed by atoms with Gasteiger partial charge in [-0.1, -0.05) is 31.2 Å². The van der Waals surface area contributed by atoms with Crippen LogP contribution in [0.3, 0.4) is 0 Å². The fraction of sp³-hybridized carbons (Fsp3) is 0.389. The highest BCUT2D eigenvalue weighted by molar-refractivity contribution is 6.31. The molecule has 7 N–H and O–H groups in total. The normalized spacial score (nSPS) is 25.9. The van der Waals surface area contributed by atoms with Crippen LogP contribution in [0, 0.1) is 0 Å². The number of methoxy groups -OCH3 is 1. The van der Waals surface area contributed by atoms with Crippen LogP contribution in [-0.2, 0) is 22.3 Å². The van der Waals surface area contributed by atoms with Gasteiger partial charge in [-0.3, -0.25) is 14.4 Å². The standard InChI is InChI=1S/C36H39N3O10.ClH/c1-5-18-9-11-19(12-10-18)35(45)39-38-17(3)36(46)14-21-27(24(15-36)49-25-13-22(37)30(40)16(2)48-25)34(44)29-28(32(21)42)31(41)20-7-6-8-23(47-4)26(20)33(29)43;/h6-12,16,22,24-25,30,40,42,44,46H,5,13-15,37H2,1-4H3,(H,39,45);1H. The Balaban J connectivity index is 0.00000486. The Morgan fingerprint density at radius 3 is 2.40 bits per heavy atom. The van der Waals surface area contributed by atoms with Gasteiger partial charge in [-0.25, -0.2) is 5.43 Å². The number of ketones is 2. The minimum Gasteiger partial charge on any atom is -0.507 e. The van der Waals surface area contributed by atoms with Crippen molar-refractivity contribution in [2.24, 2.45) is 10.8 Å². The fourth-order valence-electron chi connectivity index (χ4n) is 6.86. The van der Waals surface area contributed by atoms with Gasteiger partial charge in [0, 0.05) is 47.6 Å². The summed E-state index contributed by atoms with van der Waals surface area (Å²) in [5.74, 6) is -3.07. The molecular weight excluding hydrogens is 670 g/mol. The zero-order valence-corrected chi connectivity index (χ0v) is 28.7. The molecule has 0 spiro atoms. The summed E-state index contributed by atoms with van der Waals surface area (Å²) >= 11 is 0. The number of benzene rings is 3. The molecule has 3 aromatic carbocycles. The molecule has 266 valence electrons. The number of phenols is 2. The van der Waals surface area contributed by atoms with Gasteiger partial charge in [0.05, 0.1) is 47.8 Å². The van der Waals surface area contributed by atoms with Gasteiger partial charge < -0.3 is 40.4 Å². The molecule has 2 aliphatic carbocycles. The van der Waals surface area contributed by atoms with Crippen LogP contribution in [0.1, 0.15) is 98.6 Å². The zero-order chi connectivity index (χ0) is 35.4. The van der Waals surface area contributed by atoms with E-state index in [9.17, 15) is 34.8 Å². The molecule has 1 saturated heterocycles. The highest BCUT2D eigenvalue weighted by Crippen LogP contribution is 2.52. The molecule has 6 atom stereocenters. The molecule has 6 rings (SSSR count). The lowest BCUT2D eigenvalue weighted by atomic mass is 9.71. The first kappa shape index (κ1) is 36.9. The van der Waals surface area contributed by atoms with Crippen molar-refractivity contribution in [1.82, 2.24) is 5.43 Å². The maximum atomic E-state index is 13.9. The number of rotatable bonds is 7. The highest BCUT2D eigenvalue weighted by Gasteiger charge is 2.49. The quantitative estimate of drug-likeness (QED) is 0.0932. The number of aromatic hydroxyl groups is 2. The smallest absolute Gasteiger partial charge is 0.271 e. The molecule has 1 amide bonds. The topological polar surface area (TPSA) is 210 Å². The van der Waals surface area contributed by atoms with Gasteiger partial charge in [0.2, 0.25) is 5.78 Å². The van der Waals surface area contributed by atoms with Crippen molar-refractivity contribution in [2.45, 2.75) is 82.7 Å². The van der Waals surface area contributed by atoms with Crippen LogP contribution in [0.25, 0.3) is 0 Å². The van der Waals surface area contributed by atoms with E-state index in [0.29, 0.717) is 5.56 Å². The maximum absolute atomic E-state index is 13.9. The van der Waals surface area contributed by atoms with Crippen LogP contribution in [0.2, 0.25) is 0 Å². The molecule has 13 nitrogen and oxygen atoms in total. The number of aliphatic hydroxyl groups excluding tert-OH is 1. The number of ether oxygens (including phenoxy) is 3. The summed E-state index contributed by atoms with van der Waals surface area (Å²) in [6, 6.07) is 10.7. The molecule has 3 aliphatic rings. The Bertz CT molecular complexity index is 1870. The van der Waals surface area contributed by atoms with E-state index >= 15 is 0 Å². The number of hydrogen-bond acceptors (Lipinski definition) is 12. The Morgan fingerprint density at radius 2 is 1.76 bits per heavy atom. The average molecular weight is 710 g/mol. The third-order valence-electron chi connectivity index (χ3n) is 9.77. The first-order chi connectivity index (χ1) is 23.3. The second-order valence-electron chi connectivity index (χ2n) is 12.8. The number of hydrazone groups is 1. The van der Waals surface area contributed by atoms with E-state index in [-0.39, 0.29) is 65.4 Å². The van der Waals surface area contributed by atoms with Crippen molar-refractivity contribution in [2.75, 3.05) is 7.11 Å². The van der Waals surface area contributed by atoms with Gasteiger partial charge in [-0.05, 0) is 44.0 Å². The number of fused-ring (bicyclic) bond motifs is 3. The van der Waals surface area contributed by atoms with E-state index in [1.54, 1.807) is 19.1 Å². The fourth-order valence-corrected chi connectivity index (χ4v) is 6.86. The van der Waals surface area contributed by atoms with Crippen molar-refractivity contribution in [3.8, 4) is 17.2 Å². The van der Waals surface area contributed by atoms with Gasteiger partial charge in [-0.15, -0.1) is 12.4 Å². The summed E-state index contributed by atoms with van der Waals surface area (Å²) < 4.78 is 17.5. The number of aryl methyl sites for hydroxylation is 1. The van der Waals surface area contributed by atoms with E-state index in [2.05, 4.69) is 10.5 Å². The molecule has 1 fully saturated rings. The summed E-state index contributed by atoms with van der Waals surface area (Å²) in [5, 5.41) is 50.2. The second-order valence-corrected chi connectivity index (χ2v) is 12.8. The number of nitrogens with zero attached hydrogens (tertiary/aromatic N) is 1. The number of phenolic OH excluding ortho intramolecular Hbond substituents is 2. The van der Waals surface area contributed by atoms with E-state index in [0.717, 1.165) is 12.0 Å².